The maximum absolute atomic E-state index is 13.9. The third-order valence-corrected chi connectivity index (χ3v) is 4.97. The van der Waals surface area contributed by atoms with Crippen molar-refractivity contribution in [1.29, 1.82) is 0 Å². The van der Waals surface area contributed by atoms with E-state index in [4.69, 9.17) is 16.3 Å². The average molecular weight is 391 g/mol. The molecule has 27 heavy (non-hydrogen) atoms. The summed E-state index contributed by atoms with van der Waals surface area (Å²) in [5.41, 5.74) is 1.21. The van der Waals surface area contributed by atoms with Gasteiger partial charge in [0.05, 0.1) is 29.4 Å². The molecule has 2 aromatic rings. The van der Waals surface area contributed by atoms with Crippen molar-refractivity contribution < 1.29 is 18.7 Å². The highest BCUT2D eigenvalue weighted by Crippen LogP contribution is 2.26. The van der Waals surface area contributed by atoms with Gasteiger partial charge < -0.3 is 10.1 Å². The monoisotopic (exact) mass is 390 g/mol. The van der Waals surface area contributed by atoms with Crippen LogP contribution in [0, 0.1) is 5.82 Å². The summed E-state index contributed by atoms with van der Waals surface area (Å²) in [5.74, 6) is -1.02. The third kappa shape index (κ3) is 4.46. The van der Waals surface area contributed by atoms with Gasteiger partial charge in [-0.2, -0.15) is 0 Å². The van der Waals surface area contributed by atoms with Gasteiger partial charge >= 0.3 is 5.97 Å². The molecule has 1 saturated heterocycles. The van der Waals surface area contributed by atoms with Crippen molar-refractivity contribution >= 4 is 29.2 Å². The van der Waals surface area contributed by atoms with Gasteiger partial charge in [0.1, 0.15) is 5.82 Å². The first-order valence-electron chi connectivity index (χ1n) is 8.66. The van der Waals surface area contributed by atoms with Crippen molar-refractivity contribution in [2.45, 2.75) is 25.4 Å². The molecule has 0 radical (unpaired) electrons. The number of methoxy groups -OCH3 is 1. The van der Waals surface area contributed by atoms with Crippen LogP contribution in [0.25, 0.3) is 0 Å². The molecule has 7 heteroatoms. The quantitative estimate of drug-likeness (QED) is 0.787. The molecule has 0 spiro atoms. The van der Waals surface area contributed by atoms with Crippen LogP contribution in [0.2, 0.25) is 5.02 Å². The molecule has 1 N–H and O–H groups in total. The van der Waals surface area contributed by atoms with Crippen LogP contribution in [0.3, 0.4) is 0 Å². The highest BCUT2D eigenvalue weighted by atomic mass is 35.5. The van der Waals surface area contributed by atoms with Gasteiger partial charge in [-0.25, -0.2) is 9.18 Å². The summed E-state index contributed by atoms with van der Waals surface area (Å²) in [6, 6.07) is 10.7. The van der Waals surface area contributed by atoms with Crippen LogP contribution in [0.4, 0.5) is 10.1 Å². The number of hydrogen-bond donors (Lipinski definition) is 1. The molecular weight excluding hydrogens is 371 g/mol. The number of anilines is 1. The van der Waals surface area contributed by atoms with Crippen LogP contribution in [-0.2, 0) is 16.1 Å². The largest absolute Gasteiger partial charge is 0.465 e. The smallest absolute Gasteiger partial charge is 0.337 e. The summed E-state index contributed by atoms with van der Waals surface area (Å²) in [5, 5.41) is 3.12. The standard InChI is InChI=1S/C20H20ClFN2O3/c1-27-20(26)13-8-9-15(21)17(11-13)23-19(25)18-7-4-10-24(18)12-14-5-2-3-6-16(14)22/h2-3,5-6,8-9,11,18H,4,7,10,12H2,1H3,(H,23,25). The predicted octanol–water partition coefficient (Wildman–Crippen LogP) is 3.87. The van der Waals surface area contributed by atoms with E-state index < -0.39 is 5.97 Å². The predicted molar refractivity (Wildman–Crippen MR) is 101 cm³/mol. The number of carbonyl (C=O) groups is 2. The van der Waals surface area contributed by atoms with E-state index in [0.29, 0.717) is 41.3 Å². The normalized spacial score (nSPS) is 16.9. The summed E-state index contributed by atoms with van der Waals surface area (Å²) in [6.45, 7) is 1.07. The SMILES string of the molecule is COC(=O)c1ccc(Cl)c(NC(=O)C2CCCN2Cc2ccccc2F)c1. The summed E-state index contributed by atoms with van der Waals surface area (Å²) in [4.78, 5) is 26.4. The van der Waals surface area contributed by atoms with E-state index in [9.17, 15) is 14.0 Å². The minimum Gasteiger partial charge on any atom is -0.465 e. The minimum atomic E-state index is -0.510. The lowest BCUT2D eigenvalue weighted by Crippen LogP contribution is -2.39. The van der Waals surface area contributed by atoms with Gasteiger partial charge in [-0.1, -0.05) is 29.8 Å². The zero-order valence-corrected chi connectivity index (χ0v) is 15.6. The average Bonchev–Trinajstić information content (AvgIpc) is 3.13. The highest BCUT2D eigenvalue weighted by Gasteiger charge is 2.31. The maximum atomic E-state index is 13.9. The fraction of sp³-hybridized carbons (Fsp3) is 0.300. The number of nitrogens with one attached hydrogen (secondary N) is 1. The number of carbonyl (C=O) groups excluding carboxylic acids is 2. The summed E-state index contributed by atoms with van der Waals surface area (Å²) < 4.78 is 18.6. The van der Waals surface area contributed by atoms with Crippen LogP contribution in [0.5, 0.6) is 0 Å². The van der Waals surface area contributed by atoms with E-state index in [1.165, 1.54) is 31.4 Å². The molecule has 1 amide bonds. The van der Waals surface area contributed by atoms with Gasteiger partial charge in [-0.05, 0) is 43.7 Å². The Bertz CT molecular complexity index is 859. The zero-order chi connectivity index (χ0) is 19.4. The molecule has 1 fully saturated rings. The van der Waals surface area contributed by atoms with Crippen LogP contribution in [0.1, 0.15) is 28.8 Å². The molecule has 3 rings (SSSR count). The number of rotatable bonds is 5. The van der Waals surface area contributed by atoms with Crippen LogP contribution < -0.4 is 5.32 Å². The molecule has 2 aromatic carbocycles. The van der Waals surface area contributed by atoms with Crippen molar-refractivity contribution in [3.63, 3.8) is 0 Å². The first-order valence-corrected chi connectivity index (χ1v) is 9.03. The topological polar surface area (TPSA) is 58.6 Å². The Kier molecular flexibility index (Phi) is 6.08. The van der Waals surface area contributed by atoms with Crippen LogP contribution in [0.15, 0.2) is 42.5 Å². The molecule has 0 saturated carbocycles. The first-order chi connectivity index (χ1) is 13.0. The second-order valence-electron chi connectivity index (χ2n) is 6.40. The van der Waals surface area contributed by atoms with E-state index >= 15 is 0 Å². The Morgan fingerprint density at radius 1 is 1.30 bits per heavy atom. The molecular formula is C20H20ClFN2O3. The van der Waals surface area contributed by atoms with Gasteiger partial charge in [0.15, 0.2) is 0 Å². The maximum Gasteiger partial charge on any atom is 0.337 e. The van der Waals surface area contributed by atoms with Gasteiger partial charge in [-0.15, -0.1) is 0 Å². The van der Waals surface area contributed by atoms with E-state index in [1.54, 1.807) is 18.2 Å². The molecule has 1 unspecified atom stereocenters. The Morgan fingerprint density at radius 3 is 2.81 bits per heavy atom. The van der Waals surface area contributed by atoms with Crippen LogP contribution >= 0.6 is 11.6 Å². The van der Waals surface area contributed by atoms with Crippen molar-refractivity contribution in [1.82, 2.24) is 4.90 Å². The zero-order valence-electron chi connectivity index (χ0n) is 14.9. The summed E-state index contributed by atoms with van der Waals surface area (Å²) in [7, 11) is 1.29. The molecule has 1 aliphatic heterocycles. The van der Waals surface area contributed by atoms with Gasteiger partial charge in [0.25, 0.3) is 0 Å². The number of ether oxygens (including phenoxy) is 1. The molecule has 142 valence electrons. The van der Waals surface area contributed by atoms with Crippen molar-refractivity contribution in [2.75, 3.05) is 19.0 Å². The number of esters is 1. The lowest BCUT2D eigenvalue weighted by Gasteiger charge is -2.24. The molecule has 0 aromatic heterocycles. The van der Waals surface area contributed by atoms with Gasteiger partial charge in [-0.3, -0.25) is 9.69 Å². The first kappa shape index (κ1) is 19.3. The van der Waals surface area contributed by atoms with Crippen LogP contribution in [-0.4, -0.2) is 36.5 Å². The lowest BCUT2D eigenvalue weighted by atomic mass is 10.1. The molecule has 5 nitrogen and oxygen atoms in total. The van der Waals surface area contributed by atoms with E-state index in [-0.39, 0.29) is 17.8 Å². The number of likely N-dealkylation sites (tertiary alicyclic amines) is 1. The number of nitrogens with zero attached hydrogens (tertiary/aromatic N) is 1. The molecule has 0 aliphatic carbocycles. The Balaban J connectivity index is 1.73. The Hall–Kier alpha value is -2.44. The summed E-state index contributed by atoms with van der Waals surface area (Å²) in [6.07, 6.45) is 1.52. The van der Waals surface area contributed by atoms with E-state index in [2.05, 4.69) is 5.32 Å². The van der Waals surface area contributed by atoms with Crippen molar-refractivity contribution in [2.24, 2.45) is 0 Å². The lowest BCUT2D eigenvalue weighted by molar-refractivity contribution is -0.120. The second kappa shape index (κ2) is 8.50. The fourth-order valence-corrected chi connectivity index (χ4v) is 3.40. The highest BCUT2D eigenvalue weighted by molar-refractivity contribution is 6.34. The molecule has 1 heterocycles. The van der Waals surface area contributed by atoms with E-state index in [0.717, 1.165) is 6.42 Å². The number of benzene rings is 2. The minimum absolute atomic E-state index is 0.229. The second-order valence-corrected chi connectivity index (χ2v) is 6.80. The van der Waals surface area contributed by atoms with Crippen molar-refractivity contribution in [3.05, 3.63) is 64.4 Å². The summed E-state index contributed by atoms with van der Waals surface area (Å²) >= 11 is 6.15. The van der Waals surface area contributed by atoms with Gasteiger partial charge in [0.2, 0.25) is 5.91 Å². The third-order valence-electron chi connectivity index (χ3n) is 4.64. The Labute approximate surface area is 162 Å². The number of amides is 1. The molecule has 1 aliphatic rings. The van der Waals surface area contributed by atoms with Crippen molar-refractivity contribution in [3.8, 4) is 0 Å². The van der Waals surface area contributed by atoms with E-state index in [1.807, 2.05) is 4.90 Å². The fourth-order valence-electron chi connectivity index (χ4n) is 3.24. The number of hydrogen-bond acceptors (Lipinski definition) is 4. The Morgan fingerprint density at radius 2 is 2.07 bits per heavy atom. The molecule has 1 atom stereocenters. The van der Waals surface area contributed by atoms with Gasteiger partial charge in [0, 0.05) is 12.1 Å². The molecule has 0 bridgehead atoms. The number of halogens is 2.